The Balaban J connectivity index is 1.54. The van der Waals surface area contributed by atoms with Crippen molar-refractivity contribution in [2.45, 2.75) is 42.6 Å². The van der Waals surface area contributed by atoms with Crippen molar-refractivity contribution < 1.29 is 14.3 Å². The highest BCUT2D eigenvalue weighted by molar-refractivity contribution is 7.99. The molecule has 0 saturated carbocycles. The van der Waals surface area contributed by atoms with Crippen molar-refractivity contribution in [1.82, 2.24) is 4.98 Å². The summed E-state index contributed by atoms with van der Waals surface area (Å²) in [5.41, 5.74) is 2.07. The first-order valence-corrected chi connectivity index (χ1v) is 11.4. The molecule has 4 rings (SSSR count). The molecule has 0 saturated heterocycles. The minimum Gasteiger partial charge on any atom is -0.506 e. The fraction of sp³-hybridized carbons (Fsp3) is 0.185. The van der Waals surface area contributed by atoms with Gasteiger partial charge in [-0.3, -0.25) is 4.98 Å². The maximum atomic E-state index is 12.7. The van der Waals surface area contributed by atoms with Gasteiger partial charge >= 0.3 is 5.63 Å². The SMILES string of the molecule is CC(C)(C)c1ccccc1Sc1c(O)cc(-c2ccc(OCc3cccnc3)cc2)oc1=O. The summed E-state index contributed by atoms with van der Waals surface area (Å²) in [6.45, 7) is 6.75. The first-order chi connectivity index (χ1) is 15.8. The van der Waals surface area contributed by atoms with Crippen LogP contribution in [0.3, 0.4) is 0 Å². The average Bonchev–Trinajstić information content (AvgIpc) is 2.80. The predicted molar refractivity (Wildman–Crippen MR) is 130 cm³/mol. The van der Waals surface area contributed by atoms with Crippen LogP contribution in [-0.2, 0) is 12.0 Å². The molecule has 168 valence electrons. The molecule has 0 aliphatic carbocycles. The fourth-order valence-corrected chi connectivity index (χ4v) is 4.50. The zero-order valence-electron chi connectivity index (χ0n) is 18.7. The third-order valence-corrected chi connectivity index (χ3v) is 6.22. The molecule has 0 radical (unpaired) electrons. The second-order valence-electron chi connectivity index (χ2n) is 8.64. The monoisotopic (exact) mass is 459 g/mol. The number of aromatic nitrogens is 1. The van der Waals surface area contributed by atoms with Crippen LogP contribution in [0.5, 0.6) is 11.5 Å². The second kappa shape index (κ2) is 9.55. The minimum absolute atomic E-state index is 0.0970. The second-order valence-corrected chi connectivity index (χ2v) is 9.69. The van der Waals surface area contributed by atoms with Crippen molar-refractivity contribution in [2.75, 3.05) is 0 Å². The lowest BCUT2D eigenvalue weighted by atomic mass is 9.87. The summed E-state index contributed by atoms with van der Waals surface area (Å²) in [5, 5.41) is 10.6. The number of benzene rings is 2. The Morgan fingerprint density at radius 2 is 1.79 bits per heavy atom. The van der Waals surface area contributed by atoms with E-state index < -0.39 is 5.63 Å². The molecule has 2 heterocycles. The van der Waals surface area contributed by atoms with Crippen LogP contribution in [0.4, 0.5) is 0 Å². The van der Waals surface area contributed by atoms with E-state index in [1.807, 2.05) is 36.4 Å². The Hall–Kier alpha value is -3.51. The Morgan fingerprint density at radius 1 is 1.03 bits per heavy atom. The van der Waals surface area contributed by atoms with Gasteiger partial charge in [-0.25, -0.2) is 4.79 Å². The fourth-order valence-electron chi connectivity index (χ4n) is 3.36. The van der Waals surface area contributed by atoms with Crippen molar-refractivity contribution in [3.8, 4) is 22.8 Å². The maximum Gasteiger partial charge on any atom is 0.354 e. The van der Waals surface area contributed by atoms with Gasteiger partial charge in [-0.1, -0.05) is 56.8 Å². The molecule has 5 nitrogen and oxygen atoms in total. The van der Waals surface area contributed by atoms with Crippen LogP contribution in [0.2, 0.25) is 0 Å². The van der Waals surface area contributed by atoms with Crippen molar-refractivity contribution in [2.24, 2.45) is 0 Å². The van der Waals surface area contributed by atoms with E-state index in [0.29, 0.717) is 23.7 Å². The molecule has 0 aliphatic rings. The number of aromatic hydroxyl groups is 1. The first kappa shape index (κ1) is 22.7. The zero-order valence-corrected chi connectivity index (χ0v) is 19.6. The number of nitrogens with zero attached hydrogens (tertiary/aromatic N) is 1. The van der Waals surface area contributed by atoms with E-state index in [1.165, 1.54) is 17.8 Å². The lowest BCUT2D eigenvalue weighted by molar-refractivity contribution is 0.306. The highest BCUT2D eigenvalue weighted by Gasteiger charge is 2.21. The Labute approximate surface area is 197 Å². The molecular formula is C27H25NO4S. The van der Waals surface area contributed by atoms with Crippen LogP contribution >= 0.6 is 11.8 Å². The molecule has 0 fully saturated rings. The Morgan fingerprint density at radius 3 is 2.45 bits per heavy atom. The minimum atomic E-state index is -0.574. The van der Waals surface area contributed by atoms with Gasteiger partial charge in [0.25, 0.3) is 0 Å². The summed E-state index contributed by atoms with van der Waals surface area (Å²) >= 11 is 1.22. The van der Waals surface area contributed by atoms with Crippen LogP contribution in [0.25, 0.3) is 11.3 Å². The van der Waals surface area contributed by atoms with Crippen molar-refractivity contribution >= 4 is 11.8 Å². The molecule has 1 N–H and O–H groups in total. The molecule has 6 heteroatoms. The Kier molecular flexibility index (Phi) is 6.56. The average molecular weight is 460 g/mol. The number of rotatable bonds is 6. The molecule has 4 aromatic rings. The van der Waals surface area contributed by atoms with E-state index in [4.69, 9.17) is 9.15 Å². The molecule has 2 aromatic carbocycles. The van der Waals surface area contributed by atoms with E-state index in [9.17, 15) is 9.90 Å². The normalized spacial score (nSPS) is 11.4. The molecule has 0 bridgehead atoms. The van der Waals surface area contributed by atoms with Gasteiger partial charge in [-0.2, -0.15) is 0 Å². The number of ether oxygens (including phenoxy) is 1. The van der Waals surface area contributed by atoms with Gasteiger partial charge in [-0.15, -0.1) is 0 Å². The molecule has 0 aliphatic heterocycles. The highest BCUT2D eigenvalue weighted by atomic mass is 32.2. The quantitative estimate of drug-likeness (QED) is 0.358. The van der Waals surface area contributed by atoms with E-state index in [1.54, 1.807) is 36.7 Å². The number of hydrogen-bond acceptors (Lipinski definition) is 6. The van der Waals surface area contributed by atoms with Gasteiger partial charge in [-0.05, 0) is 47.4 Å². The lowest BCUT2D eigenvalue weighted by Gasteiger charge is -2.22. The van der Waals surface area contributed by atoms with Crippen LogP contribution in [-0.4, -0.2) is 10.1 Å². The van der Waals surface area contributed by atoms with E-state index >= 15 is 0 Å². The third-order valence-electron chi connectivity index (χ3n) is 5.06. The standard InChI is InChI=1S/C27H25NO4S/c1-27(2,3)21-8-4-5-9-24(21)33-25-22(29)15-23(32-26(25)30)19-10-12-20(13-11-19)31-17-18-7-6-14-28-16-18/h4-16,29H,17H2,1-3H3. The predicted octanol–water partition coefficient (Wildman–Crippen LogP) is 6.44. The highest BCUT2D eigenvalue weighted by Crippen LogP contribution is 2.39. The van der Waals surface area contributed by atoms with Gasteiger partial charge in [0.2, 0.25) is 0 Å². The molecule has 0 atom stereocenters. The number of hydrogen-bond donors (Lipinski definition) is 1. The van der Waals surface area contributed by atoms with Gasteiger partial charge in [0.1, 0.15) is 28.8 Å². The van der Waals surface area contributed by atoms with Gasteiger partial charge in [0.05, 0.1) is 0 Å². The van der Waals surface area contributed by atoms with Crippen LogP contribution in [0.15, 0.2) is 98.1 Å². The summed E-state index contributed by atoms with van der Waals surface area (Å²) in [6.07, 6.45) is 3.47. The summed E-state index contributed by atoms with van der Waals surface area (Å²) in [4.78, 5) is 17.9. The molecule has 0 spiro atoms. The van der Waals surface area contributed by atoms with Crippen LogP contribution in [0, 0.1) is 0 Å². The Bertz CT molecular complexity index is 1290. The lowest BCUT2D eigenvalue weighted by Crippen LogP contribution is -2.12. The summed E-state index contributed by atoms with van der Waals surface area (Å²) in [6, 6.07) is 20.3. The van der Waals surface area contributed by atoms with Gasteiger partial charge in [0, 0.05) is 34.5 Å². The van der Waals surface area contributed by atoms with Gasteiger partial charge in [0.15, 0.2) is 0 Å². The summed E-state index contributed by atoms with van der Waals surface area (Å²) in [5.74, 6) is 0.872. The van der Waals surface area contributed by atoms with Crippen molar-refractivity contribution in [3.05, 3.63) is 101 Å². The topological polar surface area (TPSA) is 72.6 Å². The molecule has 2 aromatic heterocycles. The summed E-state index contributed by atoms with van der Waals surface area (Å²) in [7, 11) is 0. The smallest absolute Gasteiger partial charge is 0.354 e. The molecular weight excluding hydrogens is 434 g/mol. The van der Waals surface area contributed by atoms with Gasteiger partial charge < -0.3 is 14.3 Å². The largest absolute Gasteiger partial charge is 0.506 e. The third kappa shape index (κ3) is 5.46. The molecule has 0 amide bonds. The van der Waals surface area contributed by atoms with Crippen molar-refractivity contribution in [3.63, 3.8) is 0 Å². The summed E-state index contributed by atoms with van der Waals surface area (Å²) < 4.78 is 11.3. The van der Waals surface area contributed by atoms with E-state index in [2.05, 4.69) is 25.8 Å². The van der Waals surface area contributed by atoms with E-state index in [0.717, 1.165) is 16.0 Å². The van der Waals surface area contributed by atoms with Crippen molar-refractivity contribution in [1.29, 1.82) is 0 Å². The van der Waals surface area contributed by atoms with Crippen LogP contribution in [0.1, 0.15) is 31.9 Å². The maximum absolute atomic E-state index is 12.7. The molecule has 33 heavy (non-hydrogen) atoms. The molecule has 0 unspecified atom stereocenters. The van der Waals surface area contributed by atoms with Crippen LogP contribution < -0.4 is 10.4 Å². The first-order valence-electron chi connectivity index (χ1n) is 10.6. The zero-order chi connectivity index (χ0) is 23.4. The number of pyridine rings is 1. The van der Waals surface area contributed by atoms with E-state index in [-0.39, 0.29) is 16.1 Å².